The van der Waals surface area contributed by atoms with Crippen LogP contribution < -0.4 is 5.73 Å². The first-order valence-corrected chi connectivity index (χ1v) is 6.08. The zero-order valence-electron chi connectivity index (χ0n) is 11.4. The van der Waals surface area contributed by atoms with Gasteiger partial charge >= 0.3 is 0 Å². The SMILES string of the molecule is Cc1ccc(-c2nccc(C(C)(C)C)n2)cc1N. The lowest BCUT2D eigenvalue weighted by Gasteiger charge is -2.18. The number of benzene rings is 1. The van der Waals surface area contributed by atoms with Crippen molar-refractivity contribution in [2.75, 3.05) is 5.73 Å². The first-order valence-electron chi connectivity index (χ1n) is 6.08. The summed E-state index contributed by atoms with van der Waals surface area (Å²) in [5.41, 5.74) is 9.79. The van der Waals surface area contributed by atoms with Crippen molar-refractivity contribution >= 4 is 5.69 Å². The third kappa shape index (κ3) is 2.50. The standard InChI is InChI=1S/C15H19N3/c1-10-5-6-11(9-12(10)16)14-17-8-7-13(18-14)15(2,3)4/h5-9H,16H2,1-4H3. The van der Waals surface area contributed by atoms with Crippen LogP contribution in [-0.4, -0.2) is 9.97 Å². The topological polar surface area (TPSA) is 51.8 Å². The Kier molecular flexibility index (Phi) is 3.07. The first kappa shape index (κ1) is 12.6. The summed E-state index contributed by atoms with van der Waals surface area (Å²) in [6, 6.07) is 7.89. The van der Waals surface area contributed by atoms with E-state index in [2.05, 4.69) is 30.7 Å². The fraction of sp³-hybridized carbons (Fsp3) is 0.333. The van der Waals surface area contributed by atoms with Crippen LogP contribution in [0.15, 0.2) is 30.5 Å². The highest BCUT2D eigenvalue weighted by Crippen LogP contribution is 2.24. The van der Waals surface area contributed by atoms with Crippen molar-refractivity contribution in [1.82, 2.24) is 9.97 Å². The van der Waals surface area contributed by atoms with Crippen LogP contribution in [0.25, 0.3) is 11.4 Å². The number of nitrogens with two attached hydrogens (primary N) is 1. The molecule has 0 spiro atoms. The Morgan fingerprint density at radius 2 is 1.83 bits per heavy atom. The van der Waals surface area contributed by atoms with E-state index >= 15 is 0 Å². The number of nitrogen functional groups attached to an aromatic ring is 1. The number of nitrogens with zero attached hydrogens (tertiary/aromatic N) is 2. The van der Waals surface area contributed by atoms with Gasteiger partial charge in [-0.05, 0) is 24.6 Å². The van der Waals surface area contributed by atoms with Crippen molar-refractivity contribution in [3.63, 3.8) is 0 Å². The van der Waals surface area contributed by atoms with E-state index in [1.54, 1.807) is 6.20 Å². The van der Waals surface area contributed by atoms with Crippen molar-refractivity contribution in [3.8, 4) is 11.4 Å². The minimum atomic E-state index is 0.0218. The lowest BCUT2D eigenvalue weighted by molar-refractivity contribution is 0.568. The van der Waals surface area contributed by atoms with Gasteiger partial charge in [0.2, 0.25) is 0 Å². The Morgan fingerprint density at radius 1 is 1.11 bits per heavy atom. The molecule has 0 aliphatic rings. The number of anilines is 1. The Hall–Kier alpha value is -1.90. The van der Waals surface area contributed by atoms with Crippen LogP contribution in [-0.2, 0) is 5.41 Å². The van der Waals surface area contributed by atoms with Crippen LogP contribution in [0.4, 0.5) is 5.69 Å². The van der Waals surface area contributed by atoms with Crippen LogP contribution in [0, 0.1) is 6.92 Å². The molecule has 1 heterocycles. The average Bonchev–Trinajstić information content (AvgIpc) is 2.32. The Labute approximate surface area is 108 Å². The van der Waals surface area contributed by atoms with Crippen molar-refractivity contribution < 1.29 is 0 Å². The van der Waals surface area contributed by atoms with Crippen molar-refractivity contribution in [3.05, 3.63) is 41.7 Å². The van der Waals surface area contributed by atoms with E-state index in [4.69, 9.17) is 5.73 Å². The highest BCUT2D eigenvalue weighted by Gasteiger charge is 2.16. The van der Waals surface area contributed by atoms with Crippen LogP contribution in [0.5, 0.6) is 0 Å². The lowest BCUT2D eigenvalue weighted by atomic mass is 9.92. The van der Waals surface area contributed by atoms with Gasteiger partial charge in [0.05, 0.1) is 0 Å². The smallest absolute Gasteiger partial charge is 0.159 e. The van der Waals surface area contributed by atoms with E-state index in [-0.39, 0.29) is 5.41 Å². The zero-order valence-corrected chi connectivity index (χ0v) is 11.4. The van der Waals surface area contributed by atoms with Crippen LogP contribution in [0.2, 0.25) is 0 Å². The fourth-order valence-electron chi connectivity index (χ4n) is 1.70. The lowest BCUT2D eigenvalue weighted by Crippen LogP contribution is -2.14. The third-order valence-corrected chi connectivity index (χ3v) is 2.96. The molecule has 3 heteroatoms. The highest BCUT2D eigenvalue weighted by molar-refractivity contribution is 5.63. The fourth-order valence-corrected chi connectivity index (χ4v) is 1.70. The van der Waals surface area contributed by atoms with Crippen LogP contribution in [0.3, 0.4) is 0 Å². The van der Waals surface area contributed by atoms with Gasteiger partial charge in [-0.15, -0.1) is 0 Å². The molecule has 0 saturated carbocycles. The quantitative estimate of drug-likeness (QED) is 0.779. The van der Waals surface area contributed by atoms with Crippen molar-refractivity contribution in [2.24, 2.45) is 0 Å². The van der Waals surface area contributed by atoms with Crippen molar-refractivity contribution in [2.45, 2.75) is 33.1 Å². The predicted molar refractivity (Wildman–Crippen MR) is 75.3 cm³/mol. The van der Waals surface area contributed by atoms with Gasteiger partial charge in [0.1, 0.15) is 0 Å². The van der Waals surface area contributed by atoms with Gasteiger partial charge in [-0.2, -0.15) is 0 Å². The summed E-state index contributed by atoms with van der Waals surface area (Å²) in [4.78, 5) is 8.95. The molecule has 0 saturated heterocycles. The molecule has 3 nitrogen and oxygen atoms in total. The first-order chi connectivity index (χ1) is 8.38. The van der Waals surface area contributed by atoms with Gasteiger partial charge in [0.15, 0.2) is 5.82 Å². The molecule has 1 aromatic carbocycles. The van der Waals surface area contributed by atoms with Gasteiger partial charge in [0.25, 0.3) is 0 Å². The van der Waals surface area contributed by atoms with Gasteiger partial charge in [-0.25, -0.2) is 9.97 Å². The average molecular weight is 241 g/mol. The molecule has 0 unspecified atom stereocenters. The Bertz CT molecular complexity index is 568. The van der Waals surface area contributed by atoms with Gasteiger partial charge in [0, 0.05) is 28.6 Å². The molecule has 94 valence electrons. The minimum Gasteiger partial charge on any atom is -0.398 e. The molecule has 2 rings (SSSR count). The summed E-state index contributed by atoms with van der Waals surface area (Å²) in [5.74, 6) is 0.731. The zero-order chi connectivity index (χ0) is 13.3. The van der Waals surface area contributed by atoms with Crippen LogP contribution in [0.1, 0.15) is 32.0 Å². The molecule has 18 heavy (non-hydrogen) atoms. The second kappa shape index (κ2) is 4.41. The Balaban J connectivity index is 2.48. The summed E-state index contributed by atoms with van der Waals surface area (Å²) >= 11 is 0. The molecule has 2 aromatic rings. The van der Waals surface area contributed by atoms with Crippen LogP contribution >= 0.6 is 0 Å². The largest absolute Gasteiger partial charge is 0.398 e. The summed E-state index contributed by atoms with van der Waals surface area (Å²) in [5, 5.41) is 0. The van der Waals surface area contributed by atoms with E-state index in [1.807, 2.05) is 31.2 Å². The number of aryl methyl sites for hydroxylation is 1. The maximum absolute atomic E-state index is 5.93. The summed E-state index contributed by atoms with van der Waals surface area (Å²) in [6.45, 7) is 8.42. The molecule has 0 bridgehead atoms. The van der Waals surface area contributed by atoms with E-state index in [0.717, 1.165) is 28.3 Å². The summed E-state index contributed by atoms with van der Waals surface area (Å²) in [6.07, 6.45) is 1.80. The molecule has 0 fully saturated rings. The molecule has 0 atom stereocenters. The second-order valence-electron chi connectivity index (χ2n) is 5.59. The molecule has 0 amide bonds. The van der Waals surface area contributed by atoms with Gasteiger partial charge < -0.3 is 5.73 Å². The number of hydrogen-bond acceptors (Lipinski definition) is 3. The minimum absolute atomic E-state index is 0.0218. The van der Waals surface area contributed by atoms with E-state index < -0.39 is 0 Å². The van der Waals surface area contributed by atoms with Crippen molar-refractivity contribution in [1.29, 1.82) is 0 Å². The molecule has 0 aliphatic heterocycles. The maximum Gasteiger partial charge on any atom is 0.159 e. The maximum atomic E-state index is 5.93. The second-order valence-corrected chi connectivity index (χ2v) is 5.59. The molecule has 2 N–H and O–H groups in total. The summed E-state index contributed by atoms with van der Waals surface area (Å²) in [7, 11) is 0. The number of aromatic nitrogens is 2. The molecule has 0 aliphatic carbocycles. The van der Waals surface area contributed by atoms with E-state index in [1.165, 1.54) is 0 Å². The monoisotopic (exact) mass is 241 g/mol. The molecular formula is C15H19N3. The molecular weight excluding hydrogens is 222 g/mol. The molecule has 1 aromatic heterocycles. The Morgan fingerprint density at radius 3 is 2.44 bits per heavy atom. The number of rotatable bonds is 1. The summed E-state index contributed by atoms with van der Waals surface area (Å²) < 4.78 is 0. The highest BCUT2D eigenvalue weighted by atomic mass is 14.9. The number of hydrogen-bond donors (Lipinski definition) is 1. The third-order valence-electron chi connectivity index (χ3n) is 2.96. The van der Waals surface area contributed by atoms with Gasteiger partial charge in [-0.1, -0.05) is 32.9 Å². The predicted octanol–water partition coefficient (Wildman–Crippen LogP) is 3.33. The normalized spacial score (nSPS) is 11.6. The van der Waals surface area contributed by atoms with E-state index in [0.29, 0.717) is 0 Å². The molecule has 0 radical (unpaired) electrons. The van der Waals surface area contributed by atoms with Gasteiger partial charge in [-0.3, -0.25) is 0 Å². The van der Waals surface area contributed by atoms with E-state index in [9.17, 15) is 0 Å².